The molecule has 5 nitrogen and oxygen atoms in total. The number of hydrogen-bond donors (Lipinski definition) is 3. The van der Waals surface area contributed by atoms with Crippen molar-refractivity contribution in [1.82, 2.24) is 10.6 Å². The van der Waals surface area contributed by atoms with Gasteiger partial charge in [0.25, 0.3) is 0 Å². The molecule has 7 heteroatoms. The van der Waals surface area contributed by atoms with E-state index in [0.717, 1.165) is 0 Å². The van der Waals surface area contributed by atoms with Gasteiger partial charge in [-0.25, -0.2) is 9.18 Å². The molecule has 0 radical (unpaired) electrons. The molecule has 0 saturated heterocycles. The van der Waals surface area contributed by atoms with Gasteiger partial charge in [0.15, 0.2) is 0 Å². The highest BCUT2D eigenvalue weighted by Gasteiger charge is 2.06. The molecule has 0 spiro atoms. The Labute approximate surface area is 108 Å². The number of nitrogens with two attached hydrogens (primary N) is 1. The summed E-state index contributed by atoms with van der Waals surface area (Å²) in [5.74, 6) is -0.404. The lowest BCUT2D eigenvalue weighted by Gasteiger charge is -2.04. The van der Waals surface area contributed by atoms with Gasteiger partial charge < -0.3 is 11.1 Å². The topological polar surface area (TPSA) is 84.2 Å². The highest BCUT2D eigenvalue weighted by atomic mass is 32.2. The predicted molar refractivity (Wildman–Crippen MR) is 68.8 cm³/mol. The number of nitrogen functional groups attached to an aromatic ring is 1. The smallest absolute Gasteiger partial charge is 0.321 e. The Hall–Kier alpha value is -1.76. The van der Waals surface area contributed by atoms with Crippen molar-refractivity contribution >= 4 is 29.4 Å². The molecular formula is C11H14FN3O2S. The minimum absolute atomic E-state index is 0.0942. The van der Waals surface area contributed by atoms with Gasteiger partial charge in [0.05, 0.1) is 5.69 Å². The van der Waals surface area contributed by atoms with Gasteiger partial charge >= 0.3 is 6.03 Å². The van der Waals surface area contributed by atoms with Crippen molar-refractivity contribution in [1.29, 1.82) is 0 Å². The van der Waals surface area contributed by atoms with Crippen molar-refractivity contribution in [3.05, 3.63) is 24.0 Å². The molecule has 0 aliphatic rings. The number of amides is 3. The van der Waals surface area contributed by atoms with Crippen LogP contribution in [0.5, 0.6) is 0 Å². The molecule has 0 atom stereocenters. The van der Waals surface area contributed by atoms with Gasteiger partial charge in [-0.2, -0.15) is 0 Å². The summed E-state index contributed by atoms with van der Waals surface area (Å²) in [6.07, 6.45) is 0.171. The number of halogens is 1. The monoisotopic (exact) mass is 271 g/mol. The molecule has 3 amide bonds. The lowest BCUT2D eigenvalue weighted by Crippen LogP contribution is -2.37. The Morgan fingerprint density at radius 3 is 2.78 bits per heavy atom. The quantitative estimate of drug-likeness (QED) is 0.570. The van der Waals surface area contributed by atoms with Gasteiger partial charge in [-0.05, 0) is 18.2 Å². The van der Waals surface area contributed by atoms with Crippen LogP contribution in [0.25, 0.3) is 0 Å². The summed E-state index contributed by atoms with van der Waals surface area (Å²) < 4.78 is 13.1. The number of nitrogens with one attached hydrogen (secondary N) is 2. The number of rotatable bonds is 4. The Morgan fingerprint density at radius 2 is 2.17 bits per heavy atom. The molecule has 0 aliphatic carbocycles. The number of imide groups is 1. The fourth-order valence-electron chi connectivity index (χ4n) is 1.11. The van der Waals surface area contributed by atoms with Crippen LogP contribution in [0, 0.1) is 5.82 Å². The van der Waals surface area contributed by atoms with E-state index in [1.807, 2.05) is 0 Å². The van der Waals surface area contributed by atoms with Crippen LogP contribution in [0.15, 0.2) is 23.1 Å². The van der Waals surface area contributed by atoms with Crippen molar-refractivity contribution in [3.8, 4) is 0 Å². The van der Waals surface area contributed by atoms with Crippen LogP contribution in [0.3, 0.4) is 0 Å². The Kier molecular flexibility index (Phi) is 5.44. The molecule has 1 rings (SSSR count). The predicted octanol–water partition coefficient (Wildman–Crippen LogP) is 1.35. The van der Waals surface area contributed by atoms with E-state index in [-0.39, 0.29) is 18.0 Å². The van der Waals surface area contributed by atoms with Gasteiger partial charge in [-0.1, -0.05) is 0 Å². The molecular weight excluding hydrogens is 257 g/mol. The van der Waals surface area contributed by atoms with E-state index in [2.05, 4.69) is 10.6 Å². The maximum absolute atomic E-state index is 13.1. The Bertz CT molecular complexity index is 454. The fraction of sp³-hybridized carbons (Fsp3) is 0.273. The second-order valence-corrected chi connectivity index (χ2v) is 4.58. The maximum atomic E-state index is 13.1. The molecule has 98 valence electrons. The number of anilines is 1. The van der Waals surface area contributed by atoms with Crippen LogP contribution in [0.2, 0.25) is 0 Å². The van der Waals surface area contributed by atoms with Crippen LogP contribution in [-0.2, 0) is 4.79 Å². The van der Waals surface area contributed by atoms with Crippen LogP contribution in [-0.4, -0.2) is 24.7 Å². The summed E-state index contributed by atoms with van der Waals surface area (Å²) in [6.45, 7) is 0. The van der Waals surface area contributed by atoms with Crippen molar-refractivity contribution < 1.29 is 14.0 Å². The van der Waals surface area contributed by atoms with Crippen LogP contribution in [0.4, 0.5) is 14.9 Å². The summed E-state index contributed by atoms with van der Waals surface area (Å²) in [5.41, 5.74) is 5.44. The van der Waals surface area contributed by atoms with Gasteiger partial charge in [0.1, 0.15) is 5.82 Å². The molecule has 0 unspecified atom stereocenters. The average Bonchev–Trinajstić information content (AvgIpc) is 2.33. The summed E-state index contributed by atoms with van der Waals surface area (Å²) in [5, 5.41) is 4.42. The van der Waals surface area contributed by atoms with Crippen LogP contribution < -0.4 is 16.4 Å². The van der Waals surface area contributed by atoms with Crippen molar-refractivity contribution in [2.24, 2.45) is 0 Å². The zero-order valence-corrected chi connectivity index (χ0v) is 10.6. The van der Waals surface area contributed by atoms with Gasteiger partial charge in [-0.3, -0.25) is 10.1 Å². The minimum Gasteiger partial charge on any atom is -0.396 e. The molecule has 0 saturated carbocycles. The highest BCUT2D eigenvalue weighted by molar-refractivity contribution is 7.99. The normalized spacial score (nSPS) is 9.89. The third-order valence-electron chi connectivity index (χ3n) is 2.05. The molecule has 0 fully saturated rings. The first-order valence-electron chi connectivity index (χ1n) is 5.22. The molecule has 1 aromatic rings. The highest BCUT2D eigenvalue weighted by Crippen LogP contribution is 2.22. The van der Waals surface area contributed by atoms with Gasteiger partial charge in [-0.15, -0.1) is 11.8 Å². The lowest BCUT2D eigenvalue weighted by molar-refractivity contribution is -0.119. The van der Waals surface area contributed by atoms with E-state index < -0.39 is 11.8 Å². The number of carbonyl (C=O) groups excluding carboxylic acids is 2. The third-order valence-corrected chi connectivity index (χ3v) is 3.05. The summed E-state index contributed by atoms with van der Waals surface area (Å²) in [6, 6.07) is 3.93. The van der Waals surface area contributed by atoms with Crippen molar-refractivity contribution in [3.63, 3.8) is 0 Å². The standard InChI is InChI=1S/C11H14FN3O2S/c1-14-11(17)15-10(16)4-5-18-7-2-3-9(13)8(12)6-7/h2-3,6H,4-5,13H2,1H3,(H2,14,15,16,17). The lowest BCUT2D eigenvalue weighted by atomic mass is 10.3. The van der Waals surface area contributed by atoms with E-state index in [1.165, 1.54) is 30.9 Å². The maximum Gasteiger partial charge on any atom is 0.321 e. The molecule has 18 heavy (non-hydrogen) atoms. The number of hydrogen-bond acceptors (Lipinski definition) is 4. The van der Waals surface area contributed by atoms with E-state index in [4.69, 9.17) is 5.73 Å². The summed E-state index contributed by atoms with van der Waals surface area (Å²) >= 11 is 1.32. The van der Waals surface area contributed by atoms with Crippen LogP contribution >= 0.6 is 11.8 Å². The SMILES string of the molecule is CNC(=O)NC(=O)CCSc1ccc(N)c(F)c1. The minimum atomic E-state index is -0.538. The molecule has 0 heterocycles. The summed E-state index contributed by atoms with van der Waals surface area (Å²) in [7, 11) is 1.43. The Morgan fingerprint density at radius 1 is 1.44 bits per heavy atom. The second kappa shape index (κ2) is 6.85. The zero-order chi connectivity index (χ0) is 13.5. The van der Waals surface area contributed by atoms with Gasteiger partial charge in [0, 0.05) is 24.1 Å². The second-order valence-electron chi connectivity index (χ2n) is 3.41. The third kappa shape index (κ3) is 4.62. The first-order chi connectivity index (χ1) is 8.52. The first kappa shape index (κ1) is 14.3. The fourth-order valence-corrected chi connectivity index (χ4v) is 1.99. The molecule has 0 aromatic heterocycles. The van der Waals surface area contributed by atoms with E-state index in [0.29, 0.717) is 10.6 Å². The number of benzene rings is 1. The number of urea groups is 1. The number of carbonyl (C=O) groups is 2. The Balaban J connectivity index is 2.35. The van der Waals surface area contributed by atoms with Crippen molar-refractivity contribution in [2.45, 2.75) is 11.3 Å². The number of thioether (sulfide) groups is 1. The van der Waals surface area contributed by atoms with E-state index in [1.54, 1.807) is 6.07 Å². The van der Waals surface area contributed by atoms with Crippen molar-refractivity contribution in [2.75, 3.05) is 18.5 Å². The summed E-state index contributed by atoms with van der Waals surface area (Å²) in [4.78, 5) is 22.8. The average molecular weight is 271 g/mol. The largest absolute Gasteiger partial charge is 0.396 e. The van der Waals surface area contributed by atoms with Gasteiger partial charge in [0.2, 0.25) is 5.91 Å². The molecule has 4 N–H and O–H groups in total. The molecule has 0 bridgehead atoms. The molecule has 0 aliphatic heterocycles. The van der Waals surface area contributed by atoms with E-state index >= 15 is 0 Å². The van der Waals surface area contributed by atoms with Crippen LogP contribution in [0.1, 0.15) is 6.42 Å². The first-order valence-corrected chi connectivity index (χ1v) is 6.21. The zero-order valence-electron chi connectivity index (χ0n) is 9.83. The molecule has 1 aromatic carbocycles. The van der Waals surface area contributed by atoms with E-state index in [9.17, 15) is 14.0 Å².